The first-order chi connectivity index (χ1) is 15.6. The van der Waals surface area contributed by atoms with Crippen LogP contribution < -0.4 is 5.32 Å². The number of pyridine rings is 1. The van der Waals surface area contributed by atoms with Crippen molar-refractivity contribution in [1.82, 2.24) is 14.9 Å². The van der Waals surface area contributed by atoms with Crippen LogP contribution in [0.5, 0.6) is 0 Å². The standard InChI is InChI=1S/C23H23F3N4O3/c1-22(2,12-27)19-17(15-7-4-5-10-30(15)29-19)23(32-3)9-6-8-16(33-21(25)26)18(23)20(31)28-14-11-13(14)24/h4-10,13-14,18,21H,11H2,1-3H3,(H,28,31)/t13-,14+,18?,23?/m0/s1. The van der Waals surface area contributed by atoms with Gasteiger partial charge in [0.25, 0.3) is 0 Å². The van der Waals surface area contributed by atoms with Gasteiger partial charge in [-0.1, -0.05) is 12.1 Å². The average molecular weight is 460 g/mol. The molecule has 1 N–H and O–H groups in total. The number of hydrogen-bond donors (Lipinski definition) is 1. The highest BCUT2D eigenvalue weighted by Crippen LogP contribution is 2.48. The molecular formula is C23H23F3N4O3. The molecule has 2 aliphatic carbocycles. The van der Waals surface area contributed by atoms with Crippen molar-refractivity contribution in [2.45, 2.75) is 50.1 Å². The number of methoxy groups -OCH3 is 1. The van der Waals surface area contributed by atoms with Crippen molar-refractivity contribution in [3.8, 4) is 6.07 Å². The number of alkyl halides is 3. The van der Waals surface area contributed by atoms with Crippen LogP contribution in [0.3, 0.4) is 0 Å². The summed E-state index contributed by atoms with van der Waals surface area (Å²) < 4.78 is 52.3. The van der Waals surface area contributed by atoms with Gasteiger partial charge in [-0.05, 0) is 38.1 Å². The van der Waals surface area contributed by atoms with Gasteiger partial charge >= 0.3 is 6.61 Å². The van der Waals surface area contributed by atoms with E-state index in [1.54, 1.807) is 44.3 Å². The second-order valence-corrected chi connectivity index (χ2v) is 8.59. The number of allylic oxidation sites excluding steroid dienone is 2. The molecule has 0 aliphatic heterocycles. The van der Waals surface area contributed by atoms with E-state index < -0.39 is 41.7 Å². The minimum atomic E-state index is -3.19. The largest absolute Gasteiger partial charge is 0.438 e. The molecule has 0 saturated heterocycles. The molecule has 33 heavy (non-hydrogen) atoms. The molecule has 4 rings (SSSR count). The monoisotopic (exact) mass is 460 g/mol. The lowest BCUT2D eigenvalue weighted by Crippen LogP contribution is -2.49. The molecule has 1 fully saturated rings. The lowest BCUT2D eigenvalue weighted by molar-refractivity contribution is -0.146. The van der Waals surface area contributed by atoms with Gasteiger partial charge in [-0.15, -0.1) is 0 Å². The highest BCUT2D eigenvalue weighted by Gasteiger charge is 2.54. The smallest absolute Gasteiger partial charge is 0.387 e. The fraction of sp³-hybridized carbons (Fsp3) is 0.435. The highest BCUT2D eigenvalue weighted by atomic mass is 19.3. The van der Waals surface area contributed by atoms with E-state index in [0.717, 1.165) is 0 Å². The number of nitriles is 1. The molecule has 4 atom stereocenters. The van der Waals surface area contributed by atoms with Crippen molar-refractivity contribution in [2.24, 2.45) is 5.92 Å². The van der Waals surface area contributed by atoms with Gasteiger partial charge in [-0.3, -0.25) is 4.79 Å². The fourth-order valence-corrected chi connectivity index (χ4v) is 4.19. The molecule has 10 heteroatoms. The Hall–Kier alpha value is -3.32. The topological polar surface area (TPSA) is 88.7 Å². The van der Waals surface area contributed by atoms with Gasteiger partial charge in [0, 0.05) is 25.3 Å². The average Bonchev–Trinajstić information content (AvgIpc) is 3.31. The Morgan fingerprint density at radius 2 is 2.15 bits per heavy atom. The van der Waals surface area contributed by atoms with E-state index >= 15 is 0 Å². The van der Waals surface area contributed by atoms with Crippen molar-refractivity contribution in [3.63, 3.8) is 0 Å². The van der Waals surface area contributed by atoms with Crippen molar-refractivity contribution in [1.29, 1.82) is 5.26 Å². The number of ether oxygens (including phenoxy) is 2. The first-order valence-corrected chi connectivity index (χ1v) is 10.4. The third-order valence-electron chi connectivity index (χ3n) is 5.99. The van der Waals surface area contributed by atoms with Crippen molar-refractivity contribution >= 4 is 11.4 Å². The van der Waals surface area contributed by atoms with Gasteiger partial charge in [0.2, 0.25) is 5.91 Å². The predicted octanol–water partition coefficient (Wildman–Crippen LogP) is 3.51. The Labute approximate surface area is 188 Å². The molecule has 0 radical (unpaired) electrons. The van der Waals surface area contributed by atoms with Crippen LogP contribution in [-0.4, -0.2) is 41.5 Å². The first-order valence-electron chi connectivity index (χ1n) is 10.4. The van der Waals surface area contributed by atoms with E-state index in [-0.39, 0.29) is 12.2 Å². The van der Waals surface area contributed by atoms with Crippen LogP contribution in [0.2, 0.25) is 0 Å². The Balaban J connectivity index is 1.96. The van der Waals surface area contributed by atoms with Crippen LogP contribution in [-0.2, 0) is 25.3 Å². The zero-order valence-electron chi connectivity index (χ0n) is 18.3. The second kappa shape index (κ2) is 8.23. The first kappa shape index (κ1) is 22.9. The molecule has 2 unspecified atom stereocenters. The predicted molar refractivity (Wildman–Crippen MR) is 112 cm³/mol. The van der Waals surface area contributed by atoms with Crippen LogP contribution in [0.4, 0.5) is 13.2 Å². The Kier molecular flexibility index (Phi) is 5.70. The fourth-order valence-electron chi connectivity index (χ4n) is 4.19. The minimum absolute atomic E-state index is 0.145. The summed E-state index contributed by atoms with van der Waals surface area (Å²) in [5.41, 5.74) is -1.57. The van der Waals surface area contributed by atoms with E-state index in [4.69, 9.17) is 9.47 Å². The minimum Gasteiger partial charge on any atom is -0.438 e. The number of halogens is 3. The maximum absolute atomic E-state index is 13.6. The summed E-state index contributed by atoms with van der Waals surface area (Å²) in [6.45, 7) is 0.127. The van der Waals surface area contributed by atoms with E-state index in [9.17, 15) is 23.2 Å². The van der Waals surface area contributed by atoms with Crippen molar-refractivity contribution < 1.29 is 27.4 Å². The molecule has 2 aliphatic rings. The second-order valence-electron chi connectivity index (χ2n) is 8.59. The maximum atomic E-state index is 13.6. The maximum Gasteiger partial charge on any atom is 0.387 e. The summed E-state index contributed by atoms with van der Waals surface area (Å²) in [4.78, 5) is 13.4. The molecule has 2 aromatic heterocycles. The molecule has 2 heterocycles. The number of rotatable bonds is 7. The van der Waals surface area contributed by atoms with Gasteiger partial charge in [-0.25, -0.2) is 8.91 Å². The SMILES string of the molecule is COC1(c2c(C(C)(C)C#N)nn3ccccc23)C=CC=C(OC(F)F)C1C(=O)N[C@@H]1C[C@@H]1F. The van der Waals surface area contributed by atoms with E-state index in [1.807, 2.05) is 0 Å². The van der Waals surface area contributed by atoms with Crippen LogP contribution >= 0.6 is 0 Å². The van der Waals surface area contributed by atoms with Crippen LogP contribution in [0, 0.1) is 17.2 Å². The normalized spacial score (nSPS) is 26.7. The van der Waals surface area contributed by atoms with E-state index in [0.29, 0.717) is 16.8 Å². The molecule has 174 valence electrons. The lowest BCUT2D eigenvalue weighted by Gasteiger charge is -2.40. The third-order valence-corrected chi connectivity index (χ3v) is 5.99. The number of hydrogen-bond acceptors (Lipinski definition) is 5. The summed E-state index contributed by atoms with van der Waals surface area (Å²) in [5, 5.41) is 17.0. The summed E-state index contributed by atoms with van der Waals surface area (Å²) in [5.74, 6) is -2.48. The van der Waals surface area contributed by atoms with Gasteiger partial charge in [0.05, 0.1) is 28.7 Å². The number of aromatic nitrogens is 2. The highest BCUT2D eigenvalue weighted by molar-refractivity contribution is 5.85. The zero-order chi connectivity index (χ0) is 24.0. The quantitative estimate of drug-likeness (QED) is 0.683. The number of nitrogens with one attached hydrogen (secondary N) is 1. The van der Waals surface area contributed by atoms with Crippen LogP contribution in [0.15, 0.2) is 48.4 Å². The van der Waals surface area contributed by atoms with Crippen LogP contribution in [0.25, 0.3) is 5.52 Å². The summed E-state index contributed by atoms with van der Waals surface area (Å²) in [6, 6.07) is 6.72. The molecule has 0 aromatic carbocycles. The lowest BCUT2D eigenvalue weighted by atomic mass is 9.72. The summed E-state index contributed by atoms with van der Waals surface area (Å²) >= 11 is 0. The Morgan fingerprint density at radius 3 is 2.76 bits per heavy atom. The summed E-state index contributed by atoms with van der Waals surface area (Å²) in [6.07, 6.45) is 4.89. The molecule has 7 nitrogen and oxygen atoms in total. The molecule has 2 aromatic rings. The Bertz CT molecular complexity index is 1180. The number of carbonyl (C=O) groups excluding carboxylic acids is 1. The molecule has 0 bridgehead atoms. The van der Waals surface area contributed by atoms with Gasteiger partial charge in [-0.2, -0.15) is 19.1 Å². The molecule has 1 amide bonds. The molecule has 0 spiro atoms. The Morgan fingerprint density at radius 1 is 1.42 bits per heavy atom. The third kappa shape index (κ3) is 3.86. The molecular weight excluding hydrogens is 437 g/mol. The van der Waals surface area contributed by atoms with E-state index in [2.05, 4.69) is 16.5 Å². The van der Waals surface area contributed by atoms with Crippen molar-refractivity contribution in [2.75, 3.05) is 7.11 Å². The van der Waals surface area contributed by atoms with E-state index in [1.165, 1.54) is 23.8 Å². The number of amides is 1. The van der Waals surface area contributed by atoms with Gasteiger partial charge < -0.3 is 14.8 Å². The number of fused-ring (bicyclic) bond motifs is 1. The number of nitrogens with zero attached hydrogens (tertiary/aromatic N) is 3. The van der Waals surface area contributed by atoms with Gasteiger partial charge in [0.15, 0.2) is 0 Å². The zero-order valence-corrected chi connectivity index (χ0v) is 18.3. The van der Waals surface area contributed by atoms with Crippen LogP contribution in [0.1, 0.15) is 31.5 Å². The number of carbonyl (C=O) groups is 1. The summed E-state index contributed by atoms with van der Waals surface area (Å²) in [7, 11) is 1.33. The molecule has 1 saturated carbocycles. The van der Waals surface area contributed by atoms with Gasteiger partial charge in [0.1, 0.15) is 23.4 Å². The van der Waals surface area contributed by atoms with Crippen molar-refractivity contribution in [3.05, 3.63) is 59.6 Å².